The fourth-order valence-corrected chi connectivity index (χ4v) is 7.42. The summed E-state index contributed by atoms with van der Waals surface area (Å²) in [4.78, 5) is 21.9. The van der Waals surface area contributed by atoms with Crippen LogP contribution < -0.4 is 16.4 Å². The van der Waals surface area contributed by atoms with E-state index in [9.17, 15) is 4.79 Å². The first-order valence-electron chi connectivity index (χ1n) is 22.5. The zero-order valence-corrected chi connectivity index (χ0v) is 38.7. The predicted molar refractivity (Wildman–Crippen MR) is 252 cm³/mol. The van der Waals surface area contributed by atoms with Gasteiger partial charge < -0.3 is 20.7 Å². The second-order valence-corrected chi connectivity index (χ2v) is 17.5. The summed E-state index contributed by atoms with van der Waals surface area (Å²) in [6, 6.07) is 8.65. The molecule has 4 N–H and O–H groups in total. The molecule has 0 radical (unpaired) electrons. The molecule has 1 unspecified atom stereocenters. The van der Waals surface area contributed by atoms with Gasteiger partial charge in [-0.1, -0.05) is 108 Å². The van der Waals surface area contributed by atoms with Crippen molar-refractivity contribution >= 4 is 12.1 Å². The summed E-state index contributed by atoms with van der Waals surface area (Å²) in [6.07, 6.45) is 30.2. The molecule has 1 atom stereocenters. The molecule has 2 heterocycles. The number of amidine groups is 1. The Labute approximate surface area is 359 Å². The highest BCUT2D eigenvalue weighted by atomic mass is 16.5. The maximum Gasteiger partial charge on any atom is 0.324 e. The van der Waals surface area contributed by atoms with Crippen LogP contribution in [0.1, 0.15) is 163 Å². The molecular weight excluding hydrogens is 729 g/mol. The van der Waals surface area contributed by atoms with E-state index < -0.39 is 5.66 Å². The lowest BCUT2D eigenvalue weighted by molar-refractivity contribution is 0.167. The number of nitrogens with one attached hydrogen (secondary N) is 2. The van der Waals surface area contributed by atoms with E-state index in [0.717, 1.165) is 95.7 Å². The molecule has 2 aliphatic rings. The SMILES string of the molecule is CCCCOC1=NC2(C)C(=C(N)N1)NC(=O)N2Cc1ccc(CN(C)CCC/C(C)=C/CC/C(C)=C/CC/C(C)=C/CC/C=C(\C)CC/C=C(\C)CCC=C(C)C)cc1. The standard InChI is InChI=1S/C51H80N6O2/c1-11-12-36-59-49-54-48(52)47-51(9,55-49)57(50(58)53-47)38-46-33-31-45(32-34-46)37-56(10)35-19-30-44(8)29-18-28-43(7)27-17-25-41(5)22-14-13-21-40(4)24-16-26-42(6)23-15-20-39(2)3/h20-22,26-27,29,31-34H,11-19,23-25,28,30,35-38,52H2,1-10H3,(H,53,58)(H,54,55)/b40-21+,41-22+,42-26+,43-27+,44-29+. The Hall–Kier alpha value is -4.30. The Balaban J connectivity index is 1.30. The number of fused-ring (bicyclic) bond motifs is 1. The van der Waals surface area contributed by atoms with Crippen LogP contribution >= 0.6 is 0 Å². The van der Waals surface area contributed by atoms with Gasteiger partial charge in [0.15, 0.2) is 5.66 Å². The number of rotatable bonds is 26. The molecule has 2 amide bonds. The Kier molecular flexibility index (Phi) is 21.6. The minimum Gasteiger partial charge on any atom is -0.465 e. The number of urea groups is 1. The minimum atomic E-state index is -0.952. The molecule has 0 saturated carbocycles. The van der Waals surface area contributed by atoms with Crippen molar-refractivity contribution in [3.8, 4) is 0 Å². The number of aliphatic imine (C=N–C) groups is 1. The Morgan fingerprint density at radius 1 is 0.729 bits per heavy atom. The Morgan fingerprint density at radius 3 is 1.75 bits per heavy atom. The molecule has 2 aliphatic heterocycles. The highest BCUT2D eigenvalue weighted by Gasteiger charge is 2.50. The summed E-state index contributed by atoms with van der Waals surface area (Å²) in [6.45, 7) is 22.6. The van der Waals surface area contributed by atoms with Gasteiger partial charge >= 0.3 is 6.03 Å². The number of unbranched alkanes of at least 4 members (excludes halogenated alkanes) is 2. The molecule has 1 aromatic rings. The van der Waals surface area contributed by atoms with E-state index in [2.05, 4.69) is 139 Å². The second-order valence-electron chi connectivity index (χ2n) is 17.5. The lowest BCUT2D eigenvalue weighted by atomic mass is 10.0. The van der Waals surface area contributed by atoms with Crippen molar-refractivity contribution < 1.29 is 9.53 Å². The number of carbonyl (C=O) groups is 1. The fraction of sp³-hybridized carbons (Fsp3) is 0.569. The first-order chi connectivity index (χ1) is 28.2. The number of hydrogen-bond donors (Lipinski definition) is 3. The topological polar surface area (TPSA) is 95.2 Å². The van der Waals surface area contributed by atoms with Crippen LogP contribution in [0.2, 0.25) is 0 Å². The first kappa shape index (κ1) is 49.1. The van der Waals surface area contributed by atoms with E-state index >= 15 is 0 Å². The van der Waals surface area contributed by atoms with E-state index in [1.165, 1.54) is 51.8 Å². The third-order valence-electron chi connectivity index (χ3n) is 11.3. The number of benzene rings is 1. The number of ether oxygens (including phenoxy) is 1. The van der Waals surface area contributed by atoms with Crippen LogP contribution in [0.3, 0.4) is 0 Å². The Morgan fingerprint density at radius 2 is 1.22 bits per heavy atom. The summed E-state index contributed by atoms with van der Waals surface area (Å²) in [5.41, 5.74) is 17.1. The van der Waals surface area contributed by atoms with Crippen molar-refractivity contribution in [2.75, 3.05) is 20.2 Å². The second kappa shape index (κ2) is 26.0. The third kappa shape index (κ3) is 18.2. The number of hydrogen-bond acceptors (Lipinski definition) is 6. The van der Waals surface area contributed by atoms with E-state index in [-0.39, 0.29) is 6.03 Å². The van der Waals surface area contributed by atoms with Crippen molar-refractivity contribution in [2.45, 2.75) is 171 Å². The van der Waals surface area contributed by atoms with E-state index in [1.807, 2.05) is 6.92 Å². The van der Waals surface area contributed by atoms with Crippen LogP contribution in [0.15, 0.2) is 111 Å². The highest BCUT2D eigenvalue weighted by molar-refractivity contribution is 5.86. The van der Waals surface area contributed by atoms with Gasteiger partial charge in [0.05, 0.1) is 13.2 Å². The number of nitrogens with zero attached hydrogens (tertiary/aromatic N) is 3. The van der Waals surface area contributed by atoms with Crippen molar-refractivity contribution in [1.82, 2.24) is 20.4 Å². The van der Waals surface area contributed by atoms with Crippen LogP contribution in [0, 0.1) is 0 Å². The number of carbonyl (C=O) groups excluding carboxylic acids is 1. The fourth-order valence-electron chi connectivity index (χ4n) is 7.42. The molecular formula is C51H80N6O2. The smallest absolute Gasteiger partial charge is 0.324 e. The average Bonchev–Trinajstić information content (AvgIpc) is 3.43. The Bertz CT molecular complexity index is 1740. The van der Waals surface area contributed by atoms with Crippen LogP contribution in [-0.4, -0.2) is 47.7 Å². The van der Waals surface area contributed by atoms with E-state index in [0.29, 0.717) is 30.7 Å². The van der Waals surface area contributed by atoms with Gasteiger partial charge in [0, 0.05) is 6.54 Å². The monoisotopic (exact) mass is 809 g/mol. The lowest BCUT2D eigenvalue weighted by Crippen LogP contribution is -2.49. The summed E-state index contributed by atoms with van der Waals surface area (Å²) < 4.78 is 5.81. The highest BCUT2D eigenvalue weighted by Crippen LogP contribution is 2.35. The van der Waals surface area contributed by atoms with Gasteiger partial charge in [-0.15, -0.1) is 0 Å². The molecule has 0 aromatic heterocycles. The van der Waals surface area contributed by atoms with Crippen molar-refractivity contribution in [1.29, 1.82) is 0 Å². The van der Waals surface area contributed by atoms with Gasteiger partial charge in [-0.3, -0.25) is 10.2 Å². The quantitative estimate of drug-likeness (QED) is 0.0640. The number of nitrogens with two attached hydrogens (primary N) is 1. The zero-order valence-electron chi connectivity index (χ0n) is 38.7. The van der Waals surface area contributed by atoms with Crippen molar-refractivity contribution in [2.24, 2.45) is 10.7 Å². The summed E-state index contributed by atoms with van der Waals surface area (Å²) in [5.74, 6) is 0.363. The maximum absolute atomic E-state index is 13.0. The maximum atomic E-state index is 13.0. The first-order valence-corrected chi connectivity index (χ1v) is 22.5. The normalized spacial score (nSPS) is 17.9. The molecule has 8 nitrogen and oxygen atoms in total. The van der Waals surface area contributed by atoms with Crippen LogP contribution in [0.4, 0.5) is 4.79 Å². The van der Waals surface area contributed by atoms with Gasteiger partial charge in [0.2, 0.25) is 0 Å². The molecule has 1 saturated heterocycles. The van der Waals surface area contributed by atoms with Crippen LogP contribution in [0.25, 0.3) is 0 Å². The predicted octanol–water partition coefficient (Wildman–Crippen LogP) is 12.6. The molecule has 326 valence electrons. The van der Waals surface area contributed by atoms with Gasteiger partial charge in [0.25, 0.3) is 6.02 Å². The minimum absolute atomic E-state index is 0.222. The summed E-state index contributed by atoms with van der Waals surface area (Å²) >= 11 is 0. The molecule has 3 rings (SSSR count). The van der Waals surface area contributed by atoms with Gasteiger partial charge in [0.1, 0.15) is 11.5 Å². The molecule has 0 spiro atoms. The number of allylic oxidation sites excluding steroid dienone is 12. The van der Waals surface area contributed by atoms with Crippen molar-refractivity contribution in [3.63, 3.8) is 0 Å². The lowest BCUT2D eigenvalue weighted by Gasteiger charge is -2.34. The number of amides is 2. The zero-order chi connectivity index (χ0) is 43.2. The van der Waals surface area contributed by atoms with Crippen LogP contribution in [-0.2, 0) is 17.8 Å². The van der Waals surface area contributed by atoms with Crippen molar-refractivity contribution in [3.05, 3.63) is 117 Å². The van der Waals surface area contributed by atoms with Gasteiger partial charge in [-0.2, -0.15) is 0 Å². The van der Waals surface area contributed by atoms with Crippen LogP contribution in [0.5, 0.6) is 0 Å². The summed E-state index contributed by atoms with van der Waals surface area (Å²) in [5, 5.41) is 5.90. The molecule has 0 aliphatic carbocycles. The summed E-state index contributed by atoms with van der Waals surface area (Å²) in [7, 11) is 2.19. The molecule has 1 fully saturated rings. The third-order valence-corrected chi connectivity index (χ3v) is 11.3. The molecule has 0 bridgehead atoms. The molecule has 8 heteroatoms. The van der Waals surface area contributed by atoms with E-state index in [1.54, 1.807) is 4.90 Å². The van der Waals surface area contributed by atoms with Gasteiger partial charge in [-0.25, -0.2) is 9.79 Å². The average molecular weight is 809 g/mol. The van der Waals surface area contributed by atoms with Gasteiger partial charge in [-0.05, 0) is 164 Å². The largest absolute Gasteiger partial charge is 0.465 e. The molecule has 59 heavy (non-hydrogen) atoms. The van der Waals surface area contributed by atoms with E-state index in [4.69, 9.17) is 15.5 Å². The molecule has 1 aromatic carbocycles.